The Bertz CT molecular complexity index is 270. The van der Waals surface area contributed by atoms with Gasteiger partial charge in [0.25, 0.3) is 0 Å². The quantitative estimate of drug-likeness (QED) is 0.705. The maximum atomic E-state index is 10.8. The van der Waals surface area contributed by atoms with Crippen molar-refractivity contribution >= 4 is 5.97 Å². The SMILES string of the molecule is CCCC(CC(=O)O)C1CC2C=CC1C2. The summed E-state index contributed by atoms with van der Waals surface area (Å²) in [5, 5.41) is 8.92. The van der Waals surface area contributed by atoms with Gasteiger partial charge >= 0.3 is 5.97 Å². The number of carboxylic acids is 1. The molecule has 2 bridgehead atoms. The summed E-state index contributed by atoms with van der Waals surface area (Å²) < 4.78 is 0. The molecule has 0 amide bonds. The molecule has 1 saturated carbocycles. The lowest BCUT2D eigenvalue weighted by Crippen LogP contribution is -2.21. The summed E-state index contributed by atoms with van der Waals surface area (Å²) in [6.45, 7) is 2.15. The highest BCUT2D eigenvalue weighted by Crippen LogP contribution is 2.48. The minimum Gasteiger partial charge on any atom is -0.481 e. The molecule has 0 heterocycles. The predicted octanol–water partition coefficient (Wildman–Crippen LogP) is 3.09. The molecule has 0 aromatic heterocycles. The van der Waals surface area contributed by atoms with E-state index in [4.69, 9.17) is 5.11 Å². The zero-order valence-corrected chi connectivity index (χ0v) is 9.36. The van der Waals surface area contributed by atoms with Crippen molar-refractivity contribution in [3.05, 3.63) is 12.2 Å². The van der Waals surface area contributed by atoms with Crippen LogP contribution in [0.4, 0.5) is 0 Å². The summed E-state index contributed by atoms with van der Waals surface area (Å²) in [4.78, 5) is 10.8. The van der Waals surface area contributed by atoms with Crippen molar-refractivity contribution in [1.82, 2.24) is 0 Å². The van der Waals surface area contributed by atoms with Crippen molar-refractivity contribution in [1.29, 1.82) is 0 Å². The standard InChI is InChI=1S/C13H20O2/c1-2-3-10(8-13(14)15)12-7-9-4-5-11(12)6-9/h4-5,9-12H,2-3,6-8H2,1H3,(H,14,15). The third-order valence-corrected chi connectivity index (χ3v) is 4.03. The first-order valence-corrected chi connectivity index (χ1v) is 6.10. The smallest absolute Gasteiger partial charge is 0.303 e. The molecule has 0 radical (unpaired) electrons. The van der Waals surface area contributed by atoms with Crippen LogP contribution >= 0.6 is 0 Å². The van der Waals surface area contributed by atoms with E-state index < -0.39 is 5.97 Å². The van der Waals surface area contributed by atoms with Crippen molar-refractivity contribution in [2.24, 2.45) is 23.7 Å². The molecular weight excluding hydrogens is 188 g/mol. The number of hydrogen-bond acceptors (Lipinski definition) is 1. The monoisotopic (exact) mass is 208 g/mol. The fourth-order valence-corrected chi connectivity index (χ4v) is 3.43. The first kappa shape index (κ1) is 10.7. The summed E-state index contributed by atoms with van der Waals surface area (Å²) in [5.74, 6) is 1.88. The Morgan fingerprint density at radius 3 is 2.73 bits per heavy atom. The highest BCUT2D eigenvalue weighted by atomic mass is 16.4. The van der Waals surface area contributed by atoms with Crippen molar-refractivity contribution in [2.45, 2.75) is 39.0 Å². The third-order valence-electron chi connectivity index (χ3n) is 4.03. The molecule has 2 aliphatic rings. The van der Waals surface area contributed by atoms with Crippen LogP contribution in [-0.2, 0) is 4.79 Å². The summed E-state index contributed by atoms with van der Waals surface area (Å²) in [6.07, 6.45) is 9.72. The highest BCUT2D eigenvalue weighted by Gasteiger charge is 2.39. The molecule has 15 heavy (non-hydrogen) atoms. The van der Waals surface area contributed by atoms with Gasteiger partial charge in [0.2, 0.25) is 0 Å². The van der Waals surface area contributed by atoms with Crippen molar-refractivity contribution in [2.75, 3.05) is 0 Å². The van der Waals surface area contributed by atoms with Gasteiger partial charge in [0.05, 0.1) is 0 Å². The maximum Gasteiger partial charge on any atom is 0.303 e. The molecule has 2 nitrogen and oxygen atoms in total. The van der Waals surface area contributed by atoms with Gasteiger partial charge in [-0.05, 0) is 42.9 Å². The first-order chi connectivity index (χ1) is 7.20. The molecule has 0 aromatic carbocycles. The van der Waals surface area contributed by atoms with E-state index in [-0.39, 0.29) is 0 Å². The Morgan fingerprint density at radius 2 is 2.27 bits per heavy atom. The van der Waals surface area contributed by atoms with Crippen LogP contribution < -0.4 is 0 Å². The molecule has 0 aromatic rings. The molecule has 2 heteroatoms. The Labute approximate surface area is 91.4 Å². The van der Waals surface area contributed by atoms with Crippen LogP contribution in [0.15, 0.2) is 12.2 Å². The van der Waals surface area contributed by atoms with Crippen LogP contribution in [-0.4, -0.2) is 11.1 Å². The predicted molar refractivity (Wildman–Crippen MR) is 59.5 cm³/mol. The molecule has 1 N–H and O–H groups in total. The second-order valence-corrected chi connectivity index (χ2v) is 5.09. The van der Waals surface area contributed by atoms with E-state index in [0.29, 0.717) is 24.2 Å². The zero-order chi connectivity index (χ0) is 10.8. The van der Waals surface area contributed by atoms with Crippen molar-refractivity contribution < 1.29 is 9.90 Å². The summed E-state index contributed by atoms with van der Waals surface area (Å²) >= 11 is 0. The number of allylic oxidation sites excluding steroid dienone is 2. The van der Waals surface area contributed by atoms with Crippen LogP contribution in [0.25, 0.3) is 0 Å². The molecule has 0 saturated heterocycles. The second-order valence-electron chi connectivity index (χ2n) is 5.09. The lowest BCUT2D eigenvalue weighted by Gasteiger charge is -2.27. The van der Waals surface area contributed by atoms with E-state index in [0.717, 1.165) is 18.8 Å². The average molecular weight is 208 g/mol. The molecule has 4 unspecified atom stereocenters. The van der Waals surface area contributed by atoms with Gasteiger partial charge < -0.3 is 5.11 Å². The van der Waals surface area contributed by atoms with Crippen molar-refractivity contribution in [3.63, 3.8) is 0 Å². The van der Waals surface area contributed by atoms with E-state index in [1.54, 1.807) is 0 Å². The van der Waals surface area contributed by atoms with Gasteiger partial charge in [-0.15, -0.1) is 0 Å². The van der Waals surface area contributed by atoms with Gasteiger partial charge in [-0.3, -0.25) is 4.79 Å². The number of hydrogen-bond donors (Lipinski definition) is 1. The van der Waals surface area contributed by atoms with E-state index in [1.165, 1.54) is 12.8 Å². The Hall–Kier alpha value is -0.790. The maximum absolute atomic E-state index is 10.8. The van der Waals surface area contributed by atoms with Crippen LogP contribution in [0.2, 0.25) is 0 Å². The van der Waals surface area contributed by atoms with Crippen LogP contribution in [0, 0.1) is 23.7 Å². The molecular formula is C13H20O2. The lowest BCUT2D eigenvalue weighted by molar-refractivity contribution is -0.138. The number of carboxylic acid groups (broad SMARTS) is 1. The van der Waals surface area contributed by atoms with Gasteiger partial charge in [0.1, 0.15) is 0 Å². The van der Waals surface area contributed by atoms with Gasteiger partial charge in [0, 0.05) is 6.42 Å². The number of carbonyl (C=O) groups is 1. The van der Waals surface area contributed by atoms with E-state index >= 15 is 0 Å². The first-order valence-electron chi connectivity index (χ1n) is 6.10. The van der Waals surface area contributed by atoms with Gasteiger partial charge in [0.15, 0.2) is 0 Å². The molecule has 4 atom stereocenters. The van der Waals surface area contributed by atoms with Gasteiger partial charge in [-0.2, -0.15) is 0 Å². The molecule has 2 aliphatic carbocycles. The van der Waals surface area contributed by atoms with Crippen molar-refractivity contribution in [3.8, 4) is 0 Å². The fourth-order valence-electron chi connectivity index (χ4n) is 3.43. The van der Waals surface area contributed by atoms with Crippen LogP contribution in [0.3, 0.4) is 0 Å². The van der Waals surface area contributed by atoms with Crippen LogP contribution in [0.1, 0.15) is 39.0 Å². The minimum atomic E-state index is -0.625. The Balaban J connectivity index is 1.98. The normalized spacial score (nSPS) is 34.6. The number of aliphatic carboxylic acids is 1. The fraction of sp³-hybridized carbons (Fsp3) is 0.769. The minimum absolute atomic E-state index is 0.371. The highest BCUT2D eigenvalue weighted by molar-refractivity contribution is 5.67. The molecule has 1 fully saturated rings. The van der Waals surface area contributed by atoms with Gasteiger partial charge in [-0.1, -0.05) is 25.5 Å². The summed E-state index contributed by atoms with van der Waals surface area (Å²) in [7, 11) is 0. The molecule has 0 aliphatic heterocycles. The molecule has 84 valence electrons. The average Bonchev–Trinajstić information content (AvgIpc) is 2.77. The topological polar surface area (TPSA) is 37.3 Å². The van der Waals surface area contributed by atoms with Gasteiger partial charge in [-0.25, -0.2) is 0 Å². The number of rotatable bonds is 5. The molecule has 0 spiro atoms. The third kappa shape index (κ3) is 2.24. The number of fused-ring (bicyclic) bond motifs is 2. The zero-order valence-electron chi connectivity index (χ0n) is 9.36. The van der Waals surface area contributed by atoms with E-state index in [1.807, 2.05) is 0 Å². The molecule has 2 rings (SSSR count). The van der Waals surface area contributed by atoms with E-state index in [9.17, 15) is 4.79 Å². The largest absolute Gasteiger partial charge is 0.481 e. The summed E-state index contributed by atoms with van der Waals surface area (Å²) in [6, 6.07) is 0. The Kier molecular flexibility index (Phi) is 3.13. The van der Waals surface area contributed by atoms with E-state index in [2.05, 4.69) is 19.1 Å². The lowest BCUT2D eigenvalue weighted by atomic mass is 9.78. The second kappa shape index (κ2) is 4.38. The Morgan fingerprint density at radius 1 is 1.47 bits per heavy atom. The van der Waals surface area contributed by atoms with Crippen LogP contribution in [0.5, 0.6) is 0 Å². The summed E-state index contributed by atoms with van der Waals surface area (Å²) in [5.41, 5.74) is 0.